The van der Waals surface area contributed by atoms with E-state index in [0.29, 0.717) is 16.7 Å². The van der Waals surface area contributed by atoms with Gasteiger partial charge in [-0.15, -0.1) is 0 Å². The molecule has 2 nitrogen and oxygen atoms in total. The quantitative estimate of drug-likeness (QED) is 0.928. The molecule has 0 radical (unpaired) electrons. The van der Waals surface area contributed by atoms with Crippen LogP contribution in [0.3, 0.4) is 0 Å². The largest absolute Gasteiger partial charge is 0.494 e. The molecule has 0 unspecified atom stereocenters. The van der Waals surface area contributed by atoms with Gasteiger partial charge in [-0.25, -0.2) is 8.78 Å². The lowest BCUT2D eigenvalue weighted by molar-refractivity contribution is 0.386. The fourth-order valence-electron chi connectivity index (χ4n) is 2.01. The molecular formula is C16H15F2NO. The number of rotatable bonds is 4. The Kier molecular flexibility index (Phi) is 4.48. The number of ether oxygens (including phenoxy) is 1. The molecule has 0 fully saturated rings. The molecule has 4 heteroatoms. The first-order valence-corrected chi connectivity index (χ1v) is 6.15. The Bertz CT molecular complexity index is 638. The lowest BCUT2D eigenvalue weighted by atomic mass is 9.97. The van der Waals surface area contributed by atoms with Gasteiger partial charge in [0.25, 0.3) is 0 Å². The molecule has 0 aliphatic carbocycles. The highest BCUT2D eigenvalue weighted by Gasteiger charge is 2.09. The van der Waals surface area contributed by atoms with Crippen LogP contribution in [0.4, 0.5) is 8.78 Å². The van der Waals surface area contributed by atoms with Gasteiger partial charge in [-0.2, -0.15) is 0 Å². The van der Waals surface area contributed by atoms with Crippen LogP contribution in [0.15, 0.2) is 48.5 Å². The van der Waals surface area contributed by atoms with Gasteiger partial charge >= 0.3 is 0 Å². The summed E-state index contributed by atoms with van der Waals surface area (Å²) in [4.78, 5) is 0. The van der Waals surface area contributed by atoms with Crippen LogP contribution in [0.5, 0.6) is 5.75 Å². The van der Waals surface area contributed by atoms with Crippen LogP contribution >= 0.6 is 0 Å². The van der Waals surface area contributed by atoms with Gasteiger partial charge < -0.3 is 10.5 Å². The number of methoxy groups -OCH3 is 1. The molecule has 0 heterocycles. The molecule has 20 heavy (non-hydrogen) atoms. The zero-order valence-corrected chi connectivity index (χ0v) is 11.1. The minimum atomic E-state index is -0.468. The SMILES string of the molecule is COc1ccc(/C(=C\CN)c2cccc(F)c2)cc1F. The van der Waals surface area contributed by atoms with Crippen LogP contribution in [0, 0.1) is 11.6 Å². The second-order valence-electron chi connectivity index (χ2n) is 4.21. The first-order valence-electron chi connectivity index (χ1n) is 6.15. The van der Waals surface area contributed by atoms with Gasteiger partial charge in [0, 0.05) is 6.54 Å². The molecule has 0 aromatic heterocycles. The van der Waals surface area contributed by atoms with Crippen molar-refractivity contribution in [2.24, 2.45) is 5.73 Å². The van der Waals surface area contributed by atoms with Gasteiger partial charge in [-0.1, -0.05) is 24.3 Å². The van der Waals surface area contributed by atoms with Crippen LogP contribution in [-0.4, -0.2) is 13.7 Å². The van der Waals surface area contributed by atoms with Crippen molar-refractivity contribution >= 4 is 5.57 Å². The molecule has 0 bridgehead atoms. The summed E-state index contributed by atoms with van der Waals surface area (Å²) in [6.45, 7) is 0.277. The van der Waals surface area contributed by atoms with E-state index in [1.807, 2.05) is 0 Å². The molecule has 104 valence electrons. The van der Waals surface area contributed by atoms with Gasteiger partial charge in [0.2, 0.25) is 0 Å². The summed E-state index contributed by atoms with van der Waals surface area (Å²) < 4.78 is 32.0. The number of benzene rings is 2. The number of hydrogen-bond donors (Lipinski definition) is 1. The molecule has 0 atom stereocenters. The van der Waals surface area contributed by atoms with Gasteiger partial charge in [-0.3, -0.25) is 0 Å². The Morgan fingerprint density at radius 2 is 1.90 bits per heavy atom. The second-order valence-corrected chi connectivity index (χ2v) is 4.21. The Labute approximate surface area is 116 Å². The first kappa shape index (κ1) is 14.2. The average molecular weight is 275 g/mol. The smallest absolute Gasteiger partial charge is 0.165 e. The molecule has 2 N–H and O–H groups in total. The molecule has 2 aromatic carbocycles. The molecule has 0 spiro atoms. The Balaban J connectivity index is 2.49. The van der Waals surface area contributed by atoms with Crippen molar-refractivity contribution in [3.8, 4) is 5.75 Å². The predicted octanol–water partition coefficient (Wildman–Crippen LogP) is 3.36. The normalized spacial score (nSPS) is 11.5. The maximum atomic E-state index is 13.8. The highest BCUT2D eigenvalue weighted by molar-refractivity contribution is 5.80. The third kappa shape index (κ3) is 3.03. The molecule has 0 amide bonds. The summed E-state index contributed by atoms with van der Waals surface area (Å²) in [7, 11) is 1.40. The number of halogens is 2. The molecule has 0 saturated carbocycles. The minimum Gasteiger partial charge on any atom is -0.494 e. The minimum absolute atomic E-state index is 0.167. The van der Waals surface area contributed by atoms with Crippen molar-refractivity contribution < 1.29 is 13.5 Å². The molecule has 0 saturated heterocycles. The Morgan fingerprint density at radius 1 is 1.15 bits per heavy atom. The highest BCUT2D eigenvalue weighted by atomic mass is 19.1. The van der Waals surface area contributed by atoms with Crippen molar-refractivity contribution in [1.29, 1.82) is 0 Å². The maximum absolute atomic E-state index is 13.8. The number of nitrogens with two attached hydrogens (primary N) is 1. The Hall–Kier alpha value is -2.20. The van der Waals surface area contributed by atoms with Gasteiger partial charge in [0.05, 0.1) is 7.11 Å². The summed E-state index contributed by atoms with van der Waals surface area (Å²) in [5.41, 5.74) is 7.51. The summed E-state index contributed by atoms with van der Waals surface area (Å²) in [5.74, 6) is -0.649. The zero-order valence-electron chi connectivity index (χ0n) is 11.1. The van der Waals surface area contributed by atoms with Crippen LogP contribution in [0.2, 0.25) is 0 Å². The monoisotopic (exact) mass is 275 g/mol. The van der Waals surface area contributed by atoms with E-state index in [0.717, 1.165) is 0 Å². The van der Waals surface area contributed by atoms with E-state index >= 15 is 0 Å². The zero-order chi connectivity index (χ0) is 14.5. The first-order chi connectivity index (χ1) is 9.65. The average Bonchev–Trinajstić information content (AvgIpc) is 2.44. The van der Waals surface area contributed by atoms with Crippen molar-refractivity contribution in [2.75, 3.05) is 13.7 Å². The summed E-state index contributed by atoms with van der Waals surface area (Å²) in [6.07, 6.45) is 1.73. The molecule has 0 aliphatic heterocycles. The number of hydrogen-bond acceptors (Lipinski definition) is 2. The van der Waals surface area contributed by atoms with E-state index in [2.05, 4.69) is 0 Å². The van der Waals surface area contributed by atoms with Crippen molar-refractivity contribution in [3.05, 3.63) is 71.3 Å². The predicted molar refractivity (Wildman–Crippen MR) is 75.5 cm³/mol. The van der Waals surface area contributed by atoms with Crippen molar-refractivity contribution in [2.45, 2.75) is 0 Å². The lowest BCUT2D eigenvalue weighted by Gasteiger charge is -2.10. The topological polar surface area (TPSA) is 35.2 Å². The fraction of sp³-hybridized carbons (Fsp3) is 0.125. The van der Waals surface area contributed by atoms with E-state index in [1.54, 1.807) is 24.3 Å². The van der Waals surface area contributed by atoms with E-state index in [9.17, 15) is 8.78 Å². The van der Waals surface area contributed by atoms with Crippen LogP contribution < -0.4 is 10.5 Å². The summed E-state index contributed by atoms with van der Waals surface area (Å²) >= 11 is 0. The maximum Gasteiger partial charge on any atom is 0.165 e. The second kappa shape index (κ2) is 6.30. The van der Waals surface area contributed by atoms with Gasteiger partial charge in [0.1, 0.15) is 5.82 Å². The van der Waals surface area contributed by atoms with Gasteiger partial charge in [0.15, 0.2) is 11.6 Å². The summed E-state index contributed by atoms with van der Waals surface area (Å²) in [6, 6.07) is 10.7. The highest BCUT2D eigenvalue weighted by Crippen LogP contribution is 2.27. The lowest BCUT2D eigenvalue weighted by Crippen LogP contribution is -1.98. The van der Waals surface area contributed by atoms with Crippen molar-refractivity contribution in [1.82, 2.24) is 0 Å². The van der Waals surface area contributed by atoms with E-state index < -0.39 is 5.82 Å². The van der Waals surface area contributed by atoms with Gasteiger partial charge in [-0.05, 0) is 41.0 Å². The van der Waals surface area contributed by atoms with Crippen LogP contribution in [0.1, 0.15) is 11.1 Å². The van der Waals surface area contributed by atoms with Crippen molar-refractivity contribution in [3.63, 3.8) is 0 Å². The standard InChI is InChI=1S/C16H15F2NO/c1-20-16-6-5-12(10-15(16)18)14(7-8-19)11-3-2-4-13(17)9-11/h2-7,9-10H,8,19H2,1H3/b14-7-. The fourth-order valence-corrected chi connectivity index (χ4v) is 2.01. The van der Waals surface area contributed by atoms with E-state index in [-0.39, 0.29) is 18.1 Å². The third-order valence-electron chi connectivity index (χ3n) is 2.92. The third-order valence-corrected chi connectivity index (χ3v) is 2.92. The molecule has 0 aliphatic rings. The molecule has 2 aromatic rings. The van der Waals surface area contributed by atoms with Crippen LogP contribution in [0.25, 0.3) is 5.57 Å². The Morgan fingerprint density at radius 3 is 2.50 bits per heavy atom. The van der Waals surface area contributed by atoms with E-state index in [1.165, 1.54) is 31.4 Å². The van der Waals surface area contributed by atoms with Crippen LogP contribution in [-0.2, 0) is 0 Å². The molecule has 2 rings (SSSR count). The molecular weight excluding hydrogens is 260 g/mol. The summed E-state index contributed by atoms with van der Waals surface area (Å²) in [5, 5.41) is 0. The van der Waals surface area contributed by atoms with E-state index in [4.69, 9.17) is 10.5 Å².